The summed E-state index contributed by atoms with van der Waals surface area (Å²) >= 11 is 0. The van der Waals surface area contributed by atoms with Crippen LogP contribution >= 0.6 is 0 Å². The van der Waals surface area contributed by atoms with Gasteiger partial charge in [0.05, 0.1) is 6.26 Å². The van der Waals surface area contributed by atoms with Crippen LogP contribution in [0.1, 0.15) is 12.8 Å². The standard InChI is InChI=1S/C13H19N3O2/c17-12-10-11(15-7-4-14-5-8-15)3-6-16(12)13-2-1-9-18-13/h1-2,9,11,14H,3-8,10H2. The summed E-state index contributed by atoms with van der Waals surface area (Å²) in [6.45, 7) is 4.94. The van der Waals surface area contributed by atoms with Crippen molar-refractivity contribution in [1.82, 2.24) is 10.2 Å². The number of piperazine rings is 1. The van der Waals surface area contributed by atoms with Gasteiger partial charge in [0, 0.05) is 51.3 Å². The van der Waals surface area contributed by atoms with Gasteiger partial charge in [0.25, 0.3) is 0 Å². The highest BCUT2D eigenvalue weighted by Crippen LogP contribution is 2.24. The van der Waals surface area contributed by atoms with Crippen LogP contribution in [-0.2, 0) is 4.79 Å². The first kappa shape index (κ1) is 11.7. The number of amides is 1. The predicted octanol–water partition coefficient (Wildman–Crippen LogP) is 0.680. The number of nitrogens with zero attached hydrogens (tertiary/aromatic N) is 2. The highest BCUT2D eigenvalue weighted by Gasteiger charge is 2.31. The van der Waals surface area contributed by atoms with Gasteiger partial charge < -0.3 is 9.73 Å². The minimum atomic E-state index is 0.180. The number of rotatable bonds is 2. The van der Waals surface area contributed by atoms with Crippen molar-refractivity contribution in [2.45, 2.75) is 18.9 Å². The maximum atomic E-state index is 12.2. The van der Waals surface area contributed by atoms with Gasteiger partial charge in [0.1, 0.15) is 0 Å². The van der Waals surface area contributed by atoms with Crippen molar-refractivity contribution in [3.8, 4) is 0 Å². The second kappa shape index (κ2) is 5.12. The lowest BCUT2D eigenvalue weighted by Gasteiger charge is -2.39. The van der Waals surface area contributed by atoms with Crippen LogP contribution in [0.3, 0.4) is 0 Å². The van der Waals surface area contributed by atoms with E-state index in [1.165, 1.54) is 0 Å². The van der Waals surface area contributed by atoms with E-state index < -0.39 is 0 Å². The summed E-state index contributed by atoms with van der Waals surface area (Å²) in [4.78, 5) is 16.4. The molecule has 3 heterocycles. The van der Waals surface area contributed by atoms with Gasteiger partial charge >= 0.3 is 0 Å². The van der Waals surface area contributed by atoms with E-state index in [4.69, 9.17) is 4.42 Å². The molecule has 1 amide bonds. The lowest BCUT2D eigenvalue weighted by atomic mass is 10.0. The number of carbonyl (C=O) groups is 1. The molecule has 1 unspecified atom stereocenters. The van der Waals surface area contributed by atoms with Crippen molar-refractivity contribution in [2.24, 2.45) is 0 Å². The first-order valence-electron chi connectivity index (χ1n) is 6.63. The Balaban J connectivity index is 1.62. The van der Waals surface area contributed by atoms with E-state index in [2.05, 4.69) is 10.2 Å². The molecule has 2 saturated heterocycles. The third kappa shape index (κ3) is 2.28. The van der Waals surface area contributed by atoms with Crippen molar-refractivity contribution in [1.29, 1.82) is 0 Å². The fraction of sp³-hybridized carbons (Fsp3) is 0.615. The van der Waals surface area contributed by atoms with Crippen LogP contribution in [0, 0.1) is 0 Å². The summed E-state index contributed by atoms with van der Waals surface area (Å²) in [7, 11) is 0. The van der Waals surface area contributed by atoms with Crippen LogP contribution in [-0.4, -0.2) is 49.6 Å². The second-order valence-electron chi connectivity index (χ2n) is 4.93. The Morgan fingerprint density at radius 3 is 2.78 bits per heavy atom. The normalized spacial score (nSPS) is 26.6. The third-order valence-corrected chi connectivity index (χ3v) is 3.84. The van der Waals surface area contributed by atoms with E-state index in [1.807, 2.05) is 12.1 Å². The molecular weight excluding hydrogens is 230 g/mol. The quantitative estimate of drug-likeness (QED) is 0.837. The summed E-state index contributed by atoms with van der Waals surface area (Å²) < 4.78 is 5.31. The van der Waals surface area contributed by atoms with Crippen LogP contribution in [0.25, 0.3) is 0 Å². The molecule has 0 aromatic carbocycles. The van der Waals surface area contributed by atoms with Gasteiger partial charge in [-0.15, -0.1) is 0 Å². The first-order valence-corrected chi connectivity index (χ1v) is 6.63. The molecular formula is C13H19N3O2. The zero-order valence-electron chi connectivity index (χ0n) is 10.5. The fourth-order valence-corrected chi connectivity index (χ4v) is 2.83. The smallest absolute Gasteiger partial charge is 0.230 e. The summed E-state index contributed by atoms with van der Waals surface area (Å²) in [5.41, 5.74) is 0. The molecule has 1 N–H and O–H groups in total. The molecule has 0 radical (unpaired) electrons. The van der Waals surface area contributed by atoms with Gasteiger partial charge in [0.2, 0.25) is 11.8 Å². The Morgan fingerprint density at radius 1 is 1.28 bits per heavy atom. The SMILES string of the molecule is O=C1CC(N2CCNCC2)CCN1c1ccco1. The van der Waals surface area contributed by atoms with Crippen LogP contribution in [0.2, 0.25) is 0 Å². The molecule has 0 aliphatic carbocycles. The van der Waals surface area contributed by atoms with Crippen LogP contribution in [0.15, 0.2) is 22.8 Å². The Morgan fingerprint density at radius 2 is 2.11 bits per heavy atom. The van der Waals surface area contributed by atoms with Gasteiger partial charge in [-0.05, 0) is 12.5 Å². The zero-order valence-corrected chi connectivity index (χ0v) is 10.5. The van der Waals surface area contributed by atoms with Crippen LogP contribution in [0.5, 0.6) is 0 Å². The van der Waals surface area contributed by atoms with Gasteiger partial charge in [0.15, 0.2) is 0 Å². The van der Waals surface area contributed by atoms with Gasteiger partial charge in [-0.1, -0.05) is 0 Å². The van der Waals surface area contributed by atoms with Gasteiger partial charge in [-0.25, -0.2) is 0 Å². The Bertz CT molecular complexity index is 398. The number of nitrogens with one attached hydrogen (secondary N) is 1. The number of piperidine rings is 1. The molecule has 0 saturated carbocycles. The Labute approximate surface area is 107 Å². The molecule has 2 aliphatic rings. The molecule has 1 atom stereocenters. The summed E-state index contributed by atoms with van der Waals surface area (Å²) in [6, 6.07) is 4.08. The minimum absolute atomic E-state index is 0.180. The topological polar surface area (TPSA) is 48.7 Å². The number of hydrogen-bond donors (Lipinski definition) is 1. The van der Waals surface area contributed by atoms with Crippen molar-refractivity contribution in [2.75, 3.05) is 37.6 Å². The van der Waals surface area contributed by atoms with Gasteiger partial charge in [-0.3, -0.25) is 14.6 Å². The van der Waals surface area contributed by atoms with E-state index in [0.29, 0.717) is 18.3 Å². The van der Waals surface area contributed by atoms with E-state index in [1.54, 1.807) is 11.2 Å². The lowest BCUT2D eigenvalue weighted by Crippen LogP contribution is -2.53. The van der Waals surface area contributed by atoms with Gasteiger partial charge in [-0.2, -0.15) is 0 Å². The van der Waals surface area contributed by atoms with E-state index in [9.17, 15) is 4.79 Å². The zero-order chi connectivity index (χ0) is 12.4. The van der Waals surface area contributed by atoms with Crippen LogP contribution in [0.4, 0.5) is 5.88 Å². The molecule has 3 rings (SSSR count). The molecule has 18 heavy (non-hydrogen) atoms. The average Bonchev–Trinajstić information content (AvgIpc) is 2.93. The molecule has 1 aromatic rings. The maximum absolute atomic E-state index is 12.2. The fourth-order valence-electron chi connectivity index (χ4n) is 2.83. The highest BCUT2D eigenvalue weighted by atomic mass is 16.3. The summed E-state index contributed by atoms with van der Waals surface area (Å²) in [6.07, 6.45) is 3.26. The first-order chi connectivity index (χ1) is 8.84. The molecule has 98 valence electrons. The Kier molecular flexibility index (Phi) is 3.34. The monoisotopic (exact) mass is 249 g/mol. The predicted molar refractivity (Wildman–Crippen MR) is 68.5 cm³/mol. The summed E-state index contributed by atoms with van der Waals surface area (Å²) in [5, 5.41) is 3.34. The van der Waals surface area contributed by atoms with E-state index in [-0.39, 0.29) is 5.91 Å². The summed E-state index contributed by atoms with van der Waals surface area (Å²) in [5.74, 6) is 0.860. The molecule has 0 spiro atoms. The maximum Gasteiger partial charge on any atom is 0.230 e. The third-order valence-electron chi connectivity index (χ3n) is 3.84. The molecule has 5 nitrogen and oxygen atoms in total. The Hall–Kier alpha value is -1.33. The molecule has 0 bridgehead atoms. The highest BCUT2D eigenvalue weighted by molar-refractivity contribution is 5.93. The lowest BCUT2D eigenvalue weighted by molar-refractivity contribution is -0.121. The number of carbonyl (C=O) groups excluding carboxylic acids is 1. The van der Waals surface area contributed by atoms with Crippen molar-refractivity contribution >= 4 is 11.8 Å². The second-order valence-corrected chi connectivity index (χ2v) is 4.93. The number of hydrogen-bond acceptors (Lipinski definition) is 4. The van der Waals surface area contributed by atoms with E-state index in [0.717, 1.165) is 39.1 Å². The number of furan rings is 1. The van der Waals surface area contributed by atoms with Crippen molar-refractivity contribution in [3.63, 3.8) is 0 Å². The largest absolute Gasteiger partial charge is 0.448 e. The molecule has 2 aliphatic heterocycles. The molecule has 5 heteroatoms. The average molecular weight is 249 g/mol. The van der Waals surface area contributed by atoms with Crippen molar-refractivity contribution in [3.05, 3.63) is 18.4 Å². The minimum Gasteiger partial charge on any atom is -0.448 e. The number of anilines is 1. The van der Waals surface area contributed by atoms with Crippen molar-refractivity contribution < 1.29 is 9.21 Å². The molecule has 1 aromatic heterocycles. The van der Waals surface area contributed by atoms with E-state index >= 15 is 0 Å². The molecule has 2 fully saturated rings. The van der Waals surface area contributed by atoms with Crippen LogP contribution < -0.4 is 10.2 Å².